The lowest BCUT2D eigenvalue weighted by Crippen LogP contribution is -2.43. The Labute approximate surface area is 50.4 Å². The zero-order valence-electron chi connectivity index (χ0n) is 5.28. The maximum Gasteiger partial charge on any atom is 0.0364 e. The Balaban J connectivity index is 2.28. The van der Waals surface area contributed by atoms with E-state index >= 15 is 0 Å². The van der Waals surface area contributed by atoms with E-state index in [0.717, 1.165) is 13.0 Å². The summed E-state index contributed by atoms with van der Waals surface area (Å²) in [6.07, 6.45) is 2.26. The van der Waals surface area contributed by atoms with Crippen LogP contribution in [0.4, 0.5) is 0 Å². The molecule has 0 bridgehead atoms. The second-order valence-electron chi connectivity index (χ2n) is 2.49. The van der Waals surface area contributed by atoms with Gasteiger partial charge in [0.05, 0.1) is 0 Å². The van der Waals surface area contributed by atoms with Crippen molar-refractivity contribution in [2.24, 2.45) is 0 Å². The minimum Gasteiger partial charge on any atom is -0.313 e. The van der Waals surface area contributed by atoms with Gasteiger partial charge < -0.3 is 5.32 Å². The third kappa shape index (κ3) is 1.20. The van der Waals surface area contributed by atoms with Crippen LogP contribution >= 0.6 is 0 Å². The van der Waals surface area contributed by atoms with Gasteiger partial charge in [0.2, 0.25) is 0 Å². The number of nitrogens with one attached hydrogen (secondary N) is 2. The molecule has 1 saturated heterocycles. The van der Waals surface area contributed by atoms with Crippen molar-refractivity contribution < 1.29 is 0 Å². The van der Waals surface area contributed by atoms with Crippen molar-refractivity contribution >= 4 is 0 Å². The van der Waals surface area contributed by atoms with Crippen LogP contribution in [0.25, 0.3) is 0 Å². The van der Waals surface area contributed by atoms with E-state index in [4.69, 9.17) is 5.73 Å². The molecule has 1 fully saturated rings. The van der Waals surface area contributed by atoms with Crippen molar-refractivity contribution in [3.8, 4) is 0 Å². The van der Waals surface area contributed by atoms with Gasteiger partial charge in [-0.2, -0.15) is 0 Å². The molecule has 1 unspecified atom stereocenters. The molecular weight excluding hydrogens is 100 g/mol. The first-order chi connectivity index (χ1) is 3.80. The predicted molar refractivity (Wildman–Crippen MR) is 33.6 cm³/mol. The van der Waals surface area contributed by atoms with Crippen molar-refractivity contribution in [3.05, 3.63) is 0 Å². The highest BCUT2D eigenvalue weighted by Crippen LogP contribution is 2.05. The van der Waals surface area contributed by atoms with Crippen LogP contribution in [0.15, 0.2) is 0 Å². The zero-order valence-corrected chi connectivity index (χ0v) is 5.28. The van der Waals surface area contributed by atoms with Gasteiger partial charge in [-0.25, -0.2) is 0 Å². The molecule has 0 aromatic carbocycles. The molecule has 0 aromatic heterocycles. The fourth-order valence-electron chi connectivity index (χ4n) is 1.04. The Morgan fingerprint density at radius 3 is 2.75 bits per heavy atom. The molecule has 2 atom stereocenters. The van der Waals surface area contributed by atoms with Gasteiger partial charge in [-0.1, -0.05) is 0 Å². The molecule has 0 aliphatic carbocycles. The van der Waals surface area contributed by atoms with E-state index in [2.05, 4.69) is 12.2 Å². The minimum atomic E-state index is 0.142. The van der Waals surface area contributed by atoms with Gasteiger partial charge in [0.25, 0.3) is 0 Å². The van der Waals surface area contributed by atoms with Crippen molar-refractivity contribution in [2.75, 3.05) is 6.54 Å². The monoisotopic (exact) mass is 113 g/mol. The Morgan fingerprint density at radius 1 is 1.62 bits per heavy atom. The summed E-state index contributed by atoms with van der Waals surface area (Å²) in [5.74, 6) is 0. The topological polar surface area (TPSA) is 35.8 Å². The van der Waals surface area contributed by atoms with E-state index in [9.17, 15) is 0 Å². The van der Waals surface area contributed by atoms with E-state index in [1.165, 1.54) is 6.42 Å². The molecule has 2 N–H and O–H groups in total. The summed E-state index contributed by atoms with van der Waals surface area (Å²) < 4.78 is 0. The van der Waals surface area contributed by atoms with Crippen LogP contribution in [-0.4, -0.2) is 18.6 Å². The minimum absolute atomic E-state index is 0.142. The highest BCUT2D eigenvalue weighted by molar-refractivity contribution is 4.78. The van der Waals surface area contributed by atoms with Crippen LogP contribution in [-0.2, 0) is 0 Å². The molecule has 2 heteroatoms. The molecule has 1 rings (SSSR count). The lowest BCUT2D eigenvalue weighted by Gasteiger charge is -2.25. The van der Waals surface area contributed by atoms with Gasteiger partial charge in [0, 0.05) is 12.1 Å². The van der Waals surface area contributed by atoms with Crippen LogP contribution < -0.4 is 11.1 Å². The molecule has 0 aromatic rings. The third-order valence-electron chi connectivity index (χ3n) is 1.76. The van der Waals surface area contributed by atoms with E-state index in [0.29, 0.717) is 6.04 Å². The van der Waals surface area contributed by atoms with Gasteiger partial charge in [-0.05, 0) is 26.3 Å². The Bertz CT molecular complexity index is 62.9. The summed E-state index contributed by atoms with van der Waals surface area (Å²) >= 11 is 0. The van der Waals surface area contributed by atoms with Crippen LogP contribution in [0.1, 0.15) is 19.8 Å². The summed E-state index contributed by atoms with van der Waals surface area (Å²) in [6.45, 7) is 3.19. The zero-order chi connectivity index (χ0) is 5.98. The maximum absolute atomic E-state index is 7.42. The van der Waals surface area contributed by atoms with Crippen LogP contribution in [0.3, 0.4) is 0 Å². The predicted octanol–water partition coefficient (Wildman–Crippen LogP) is 0.410. The quantitative estimate of drug-likeness (QED) is 0.485. The normalized spacial score (nSPS) is 39.8. The molecule has 0 saturated carbocycles. The average molecular weight is 113 g/mol. The SMILES string of the molecule is C[C@H]1NCCCC1[NH]. The lowest BCUT2D eigenvalue weighted by atomic mass is 10.0. The highest BCUT2D eigenvalue weighted by Gasteiger charge is 2.15. The molecule has 0 amide bonds. The van der Waals surface area contributed by atoms with Gasteiger partial charge in [-0.3, -0.25) is 5.73 Å². The van der Waals surface area contributed by atoms with E-state index in [1.807, 2.05) is 0 Å². The standard InChI is InChI=1S/C6H13N2/c1-5-6(7)3-2-4-8-5/h5-8H,2-4H2,1H3/t5-,6?/m1/s1. The molecule has 1 heterocycles. The first kappa shape index (κ1) is 6.05. The second kappa shape index (κ2) is 2.46. The molecule has 1 aliphatic heterocycles. The van der Waals surface area contributed by atoms with Crippen LogP contribution in [0, 0.1) is 0 Å². The Hall–Kier alpha value is -0.0800. The molecule has 8 heavy (non-hydrogen) atoms. The largest absolute Gasteiger partial charge is 0.313 e. The van der Waals surface area contributed by atoms with Crippen LogP contribution in [0.2, 0.25) is 0 Å². The fourth-order valence-corrected chi connectivity index (χ4v) is 1.04. The molecular formula is C6H13N2. The number of hydrogen-bond donors (Lipinski definition) is 1. The second-order valence-corrected chi connectivity index (χ2v) is 2.49. The van der Waals surface area contributed by atoms with Crippen molar-refractivity contribution in [3.63, 3.8) is 0 Å². The van der Waals surface area contributed by atoms with E-state index < -0.39 is 0 Å². The van der Waals surface area contributed by atoms with Gasteiger partial charge in [-0.15, -0.1) is 0 Å². The first-order valence-electron chi connectivity index (χ1n) is 3.25. The van der Waals surface area contributed by atoms with E-state index in [-0.39, 0.29) is 6.04 Å². The Kier molecular flexibility index (Phi) is 1.86. The van der Waals surface area contributed by atoms with Crippen LogP contribution in [0.5, 0.6) is 0 Å². The smallest absolute Gasteiger partial charge is 0.0364 e. The van der Waals surface area contributed by atoms with Gasteiger partial charge in [0.1, 0.15) is 0 Å². The number of hydrogen-bond acceptors (Lipinski definition) is 1. The lowest BCUT2D eigenvalue weighted by molar-refractivity contribution is 0.363. The maximum atomic E-state index is 7.42. The molecule has 2 nitrogen and oxygen atoms in total. The molecule has 0 spiro atoms. The summed E-state index contributed by atoms with van der Waals surface area (Å²) in [7, 11) is 0. The van der Waals surface area contributed by atoms with Crippen molar-refractivity contribution in [1.82, 2.24) is 11.1 Å². The molecule has 1 radical (unpaired) electrons. The summed E-state index contributed by atoms with van der Waals surface area (Å²) in [6, 6.07) is 0.562. The Morgan fingerprint density at radius 2 is 2.38 bits per heavy atom. The highest BCUT2D eigenvalue weighted by atomic mass is 15.0. The van der Waals surface area contributed by atoms with Gasteiger partial charge >= 0.3 is 0 Å². The summed E-state index contributed by atoms with van der Waals surface area (Å²) in [4.78, 5) is 0. The molecule has 1 aliphatic rings. The fraction of sp³-hybridized carbons (Fsp3) is 1.00. The third-order valence-corrected chi connectivity index (χ3v) is 1.76. The van der Waals surface area contributed by atoms with E-state index in [1.54, 1.807) is 0 Å². The van der Waals surface area contributed by atoms with Crippen molar-refractivity contribution in [2.45, 2.75) is 31.8 Å². The summed E-state index contributed by atoms with van der Waals surface area (Å²) in [5.41, 5.74) is 7.42. The average Bonchev–Trinajstić information content (AvgIpc) is 1.77. The van der Waals surface area contributed by atoms with Gasteiger partial charge in [0.15, 0.2) is 0 Å². The first-order valence-corrected chi connectivity index (χ1v) is 3.25. The number of rotatable bonds is 0. The molecule has 47 valence electrons. The van der Waals surface area contributed by atoms with Crippen molar-refractivity contribution in [1.29, 1.82) is 0 Å². The number of piperidine rings is 1. The summed E-state index contributed by atoms with van der Waals surface area (Å²) in [5, 5.41) is 3.24.